The summed E-state index contributed by atoms with van der Waals surface area (Å²) >= 11 is 0. The van der Waals surface area contributed by atoms with E-state index < -0.39 is 10.8 Å². The molecule has 0 amide bonds. The average molecular weight is 839 g/mol. The topological polar surface area (TPSA) is 23.7 Å². The Morgan fingerprint density at radius 1 is 0.333 bits per heavy atom. The van der Waals surface area contributed by atoms with E-state index in [9.17, 15) is 0 Å². The van der Waals surface area contributed by atoms with Crippen LogP contribution in [0, 0.1) is 6.57 Å². The van der Waals surface area contributed by atoms with Gasteiger partial charge in [0.2, 0.25) is 5.69 Å². The molecule has 2 aliphatic carbocycles. The Balaban J connectivity index is 0.876. The molecule has 0 fully saturated rings. The highest BCUT2D eigenvalue weighted by Gasteiger charge is 2.53. The maximum Gasteiger partial charge on any atom is 0.211 e. The van der Waals surface area contributed by atoms with Gasteiger partial charge in [-0.1, -0.05) is 176 Å². The zero-order valence-electron chi connectivity index (χ0n) is 35.7. The number of pyridine rings is 1. The largest absolute Gasteiger partial charge is 0.320 e. The normalized spacial score (nSPS) is 14.5. The molecule has 0 bridgehead atoms. The molecule has 4 nitrogen and oxygen atoms in total. The van der Waals surface area contributed by atoms with E-state index in [4.69, 9.17) is 11.6 Å². The first kappa shape index (κ1) is 36.7. The number of hydrogen-bond donors (Lipinski definition) is 0. The van der Waals surface area contributed by atoms with Crippen LogP contribution in [0.25, 0.3) is 38.2 Å². The van der Waals surface area contributed by atoms with Gasteiger partial charge in [0.25, 0.3) is 0 Å². The lowest BCUT2D eigenvalue weighted by Gasteiger charge is -2.45. The maximum absolute atomic E-state index is 8.63. The van der Waals surface area contributed by atoms with Gasteiger partial charge in [-0.15, -0.1) is 0 Å². The fraction of sp³-hybridized carbons (Fsp3) is 0.0323. The summed E-state index contributed by atoms with van der Waals surface area (Å²) in [5.74, 6) is 0.834. The van der Waals surface area contributed by atoms with Gasteiger partial charge < -0.3 is 4.90 Å². The van der Waals surface area contributed by atoms with Crippen molar-refractivity contribution in [3.8, 4) is 33.4 Å². The van der Waals surface area contributed by atoms with Gasteiger partial charge in [-0.05, 0) is 126 Å². The van der Waals surface area contributed by atoms with Crippen LogP contribution < -0.4 is 9.80 Å². The van der Waals surface area contributed by atoms with Crippen molar-refractivity contribution in [2.45, 2.75) is 10.8 Å². The van der Waals surface area contributed by atoms with Crippen LogP contribution in [0.1, 0.15) is 44.5 Å². The minimum absolute atomic E-state index is 0.475. The van der Waals surface area contributed by atoms with E-state index in [-0.39, 0.29) is 0 Å². The lowest BCUT2D eigenvalue weighted by molar-refractivity contribution is 0.751. The Morgan fingerprint density at radius 2 is 0.682 bits per heavy atom. The highest BCUT2D eigenvalue weighted by molar-refractivity contribution is 5.99. The van der Waals surface area contributed by atoms with Crippen molar-refractivity contribution >= 4 is 39.9 Å². The number of para-hydroxylation sites is 4. The third-order valence-electron chi connectivity index (χ3n) is 14.7. The van der Waals surface area contributed by atoms with Crippen molar-refractivity contribution in [3.05, 3.63) is 287 Å². The fourth-order valence-corrected chi connectivity index (χ4v) is 12.3. The molecule has 3 heterocycles. The standard InChI is InChI=1S/C62H38N4/c1-63-54-38-40(34-36-59(54)65-55-30-14-10-26-50(55)61(51-27-11-15-31-56(51)65)46-22-6-2-18-42(46)43-19-3-7-23-47(43)61)41-35-37-60(64-39-41)66-57-32-16-12-28-52(57)62(53-29-13-17-33-58(53)66)48-24-8-4-20-44(48)45-21-5-9-25-49(45)62/h2-39H. The first-order valence-corrected chi connectivity index (χ1v) is 22.6. The quantitative estimate of drug-likeness (QED) is 0.166. The lowest BCUT2D eigenvalue weighted by Crippen LogP contribution is -2.36. The minimum atomic E-state index is -0.509. The summed E-state index contributed by atoms with van der Waals surface area (Å²) in [4.78, 5) is 14.1. The molecule has 0 saturated carbocycles. The van der Waals surface area contributed by atoms with Gasteiger partial charge in [0.1, 0.15) is 5.82 Å². The number of nitrogens with zero attached hydrogens (tertiary/aromatic N) is 4. The smallest absolute Gasteiger partial charge is 0.211 e. The van der Waals surface area contributed by atoms with Crippen LogP contribution in [-0.2, 0) is 10.8 Å². The molecule has 2 spiro atoms. The average Bonchev–Trinajstić information content (AvgIpc) is 3.85. The molecule has 1 aromatic heterocycles. The Bertz CT molecular complexity index is 3520. The van der Waals surface area contributed by atoms with Crippen LogP contribution in [0.15, 0.2) is 231 Å². The Labute approximate surface area is 383 Å². The summed E-state index contributed by atoms with van der Waals surface area (Å²) in [5, 5.41) is 0. The van der Waals surface area contributed by atoms with Crippen molar-refractivity contribution in [2.24, 2.45) is 0 Å². The molecule has 4 heteroatoms. The van der Waals surface area contributed by atoms with Gasteiger partial charge in [0.15, 0.2) is 0 Å². The predicted molar refractivity (Wildman–Crippen MR) is 267 cm³/mol. The second-order valence-electron chi connectivity index (χ2n) is 17.6. The van der Waals surface area contributed by atoms with E-state index in [2.05, 4.69) is 233 Å². The third-order valence-corrected chi connectivity index (χ3v) is 14.7. The summed E-state index contributed by atoms with van der Waals surface area (Å²) in [6.45, 7) is 8.63. The van der Waals surface area contributed by atoms with Crippen LogP contribution in [-0.4, -0.2) is 4.98 Å². The van der Waals surface area contributed by atoms with E-state index in [1.807, 2.05) is 12.3 Å². The summed E-state index contributed by atoms with van der Waals surface area (Å²) in [7, 11) is 0. The van der Waals surface area contributed by atoms with Gasteiger partial charge in [-0.25, -0.2) is 9.83 Å². The number of fused-ring (bicyclic) bond motifs is 18. The van der Waals surface area contributed by atoms with E-state index >= 15 is 0 Å². The fourth-order valence-electron chi connectivity index (χ4n) is 12.3. The van der Waals surface area contributed by atoms with Gasteiger partial charge >= 0.3 is 0 Å². The monoisotopic (exact) mass is 838 g/mol. The van der Waals surface area contributed by atoms with Crippen LogP contribution >= 0.6 is 0 Å². The second-order valence-corrected chi connectivity index (χ2v) is 17.6. The SMILES string of the molecule is [C-]#[N+]c1cc(-c2ccc(N3c4ccccc4C4(c5ccccc5-c5ccccc54)c4ccccc43)nc2)ccc1N1c2ccccc2C2(c3ccccc3-c3ccccc32)c2ccccc21. The number of benzene rings is 9. The number of hydrogen-bond acceptors (Lipinski definition) is 3. The van der Waals surface area contributed by atoms with Crippen LogP contribution in [0.3, 0.4) is 0 Å². The summed E-state index contributed by atoms with van der Waals surface area (Å²) in [6.07, 6.45) is 1.96. The second kappa shape index (κ2) is 13.6. The molecule has 0 unspecified atom stereocenters. The summed E-state index contributed by atoms with van der Waals surface area (Å²) < 4.78 is 0. The highest BCUT2D eigenvalue weighted by atomic mass is 15.2. The zero-order valence-corrected chi connectivity index (χ0v) is 35.7. The van der Waals surface area contributed by atoms with Crippen LogP contribution in [0.4, 0.5) is 39.9 Å². The van der Waals surface area contributed by atoms with E-state index in [0.29, 0.717) is 5.69 Å². The van der Waals surface area contributed by atoms with Gasteiger partial charge in [-0.2, -0.15) is 0 Å². The number of aromatic nitrogens is 1. The molecule has 0 saturated heterocycles. The molecule has 0 N–H and O–H groups in total. The zero-order chi connectivity index (χ0) is 43.6. The van der Waals surface area contributed by atoms with Crippen molar-refractivity contribution in [1.82, 2.24) is 4.98 Å². The molecule has 14 rings (SSSR count). The molecule has 4 aliphatic rings. The first-order valence-electron chi connectivity index (χ1n) is 22.6. The van der Waals surface area contributed by atoms with Crippen LogP contribution in [0.2, 0.25) is 0 Å². The number of rotatable bonds is 3. The highest BCUT2D eigenvalue weighted by Crippen LogP contribution is 2.65. The Morgan fingerprint density at radius 3 is 1.06 bits per heavy atom. The molecular formula is C62H38N4. The van der Waals surface area contributed by atoms with Crippen molar-refractivity contribution < 1.29 is 0 Å². The van der Waals surface area contributed by atoms with E-state index in [1.165, 1.54) is 66.8 Å². The molecule has 2 aliphatic heterocycles. The molecule has 9 aromatic carbocycles. The predicted octanol–water partition coefficient (Wildman–Crippen LogP) is 15.6. The molecule has 306 valence electrons. The minimum Gasteiger partial charge on any atom is -0.320 e. The van der Waals surface area contributed by atoms with Crippen molar-refractivity contribution in [2.75, 3.05) is 9.80 Å². The first-order chi connectivity index (χ1) is 32.7. The van der Waals surface area contributed by atoms with Gasteiger partial charge in [0, 0.05) is 17.6 Å². The van der Waals surface area contributed by atoms with Crippen LogP contribution in [0.5, 0.6) is 0 Å². The maximum atomic E-state index is 8.63. The van der Waals surface area contributed by atoms with E-state index in [1.54, 1.807) is 0 Å². The molecule has 0 radical (unpaired) electrons. The molecule has 0 atom stereocenters. The molecule has 66 heavy (non-hydrogen) atoms. The summed E-state index contributed by atoms with van der Waals surface area (Å²) in [5.41, 5.74) is 21.8. The molecule has 10 aromatic rings. The van der Waals surface area contributed by atoms with Gasteiger partial charge in [0.05, 0.1) is 34.5 Å². The van der Waals surface area contributed by atoms with Crippen molar-refractivity contribution in [3.63, 3.8) is 0 Å². The Kier molecular flexibility index (Phi) is 7.56. The van der Waals surface area contributed by atoms with Crippen molar-refractivity contribution in [1.29, 1.82) is 0 Å². The molecular weight excluding hydrogens is 801 g/mol. The van der Waals surface area contributed by atoms with E-state index in [0.717, 1.165) is 45.4 Å². The van der Waals surface area contributed by atoms with Gasteiger partial charge in [-0.3, -0.25) is 4.90 Å². The third kappa shape index (κ3) is 4.58. The lowest BCUT2D eigenvalue weighted by atomic mass is 9.64. The summed E-state index contributed by atoms with van der Waals surface area (Å²) in [6, 6.07) is 81.2. The Hall–Kier alpha value is -8.78. The number of anilines is 6.